The Morgan fingerprint density at radius 1 is 1.36 bits per heavy atom. The van der Waals surface area contributed by atoms with Gasteiger partial charge in [0.15, 0.2) is 0 Å². The third-order valence-corrected chi connectivity index (χ3v) is 3.75. The minimum atomic E-state index is 0.576. The molecule has 14 heavy (non-hydrogen) atoms. The zero-order valence-electron chi connectivity index (χ0n) is 10.6. The second-order valence-corrected chi connectivity index (χ2v) is 5.96. The molecule has 0 saturated heterocycles. The molecule has 0 aromatic heterocycles. The lowest BCUT2D eigenvalue weighted by atomic mass is 9.88. The predicted molar refractivity (Wildman–Crippen MR) is 63.4 cm³/mol. The Hall–Kier alpha value is -0.0400. The predicted octanol–water partition coefficient (Wildman–Crippen LogP) is 3.45. The molecular formula is C13H27N. The SMILES string of the molecule is CCCNC(C)C1CC(C)(C)CC1C. The highest BCUT2D eigenvalue weighted by molar-refractivity contribution is 4.91. The van der Waals surface area contributed by atoms with Crippen molar-refractivity contribution in [1.29, 1.82) is 0 Å². The van der Waals surface area contributed by atoms with Crippen molar-refractivity contribution in [2.24, 2.45) is 17.3 Å². The van der Waals surface area contributed by atoms with Gasteiger partial charge in [-0.05, 0) is 50.0 Å². The maximum Gasteiger partial charge on any atom is 0.00697 e. The molecule has 0 bridgehead atoms. The summed E-state index contributed by atoms with van der Waals surface area (Å²) in [6.45, 7) is 13.0. The summed E-state index contributed by atoms with van der Waals surface area (Å²) in [7, 11) is 0. The van der Waals surface area contributed by atoms with Gasteiger partial charge in [-0.15, -0.1) is 0 Å². The Labute approximate surface area is 89.7 Å². The smallest absolute Gasteiger partial charge is 0.00697 e. The van der Waals surface area contributed by atoms with Crippen LogP contribution >= 0.6 is 0 Å². The zero-order chi connectivity index (χ0) is 10.8. The fourth-order valence-corrected chi connectivity index (χ4v) is 3.14. The van der Waals surface area contributed by atoms with E-state index in [0.717, 1.165) is 11.8 Å². The Morgan fingerprint density at radius 3 is 2.43 bits per heavy atom. The van der Waals surface area contributed by atoms with E-state index in [1.807, 2.05) is 0 Å². The summed E-state index contributed by atoms with van der Waals surface area (Å²) < 4.78 is 0. The Bertz CT molecular complexity index is 174. The average Bonchev–Trinajstić information content (AvgIpc) is 2.35. The molecule has 1 aliphatic carbocycles. The van der Waals surface area contributed by atoms with Crippen molar-refractivity contribution in [1.82, 2.24) is 5.32 Å². The van der Waals surface area contributed by atoms with E-state index in [4.69, 9.17) is 0 Å². The molecule has 0 heterocycles. The van der Waals surface area contributed by atoms with Gasteiger partial charge < -0.3 is 5.32 Å². The quantitative estimate of drug-likeness (QED) is 0.728. The van der Waals surface area contributed by atoms with Gasteiger partial charge in [-0.25, -0.2) is 0 Å². The van der Waals surface area contributed by atoms with E-state index in [2.05, 4.69) is 39.9 Å². The van der Waals surface area contributed by atoms with Crippen molar-refractivity contribution in [3.8, 4) is 0 Å². The molecule has 0 radical (unpaired) electrons. The van der Waals surface area contributed by atoms with Crippen LogP contribution in [-0.2, 0) is 0 Å². The standard InChI is InChI=1S/C13H27N/c1-6-7-14-11(3)12-9-13(4,5)8-10(12)2/h10-12,14H,6-9H2,1-5H3. The van der Waals surface area contributed by atoms with Gasteiger partial charge in [0.25, 0.3) is 0 Å². The first kappa shape index (κ1) is 12.0. The van der Waals surface area contributed by atoms with Crippen molar-refractivity contribution < 1.29 is 0 Å². The van der Waals surface area contributed by atoms with Gasteiger partial charge in [0.05, 0.1) is 0 Å². The molecule has 0 aliphatic heterocycles. The zero-order valence-corrected chi connectivity index (χ0v) is 10.6. The fourth-order valence-electron chi connectivity index (χ4n) is 3.14. The van der Waals surface area contributed by atoms with E-state index in [9.17, 15) is 0 Å². The van der Waals surface area contributed by atoms with Crippen molar-refractivity contribution in [3.05, 3.63) is 0 Å². The fraction of sp³-hybridized carbons (Fsp3) is 1.00. The van der Waals surface area contributed by atoms with Crippen LogP contribution in [-0.4, -0.2) is 12.6 Å². The minimum Gasteiger partial charge on any atom is -0.314 e. The highest BCUT2D eigenvalue weighted by atomic mass is 14.9. The van der Waals surface area contributed by atoms with E-state index < -0.39 is 0 Å². The summed E-state index contributed by atoms with van der Waals surface area (Å²) >= 11 is 0. The summed E-state index contributed by atoms with van der Waals surface area (Å²) in [6.07, 6.45) is 4.04. The van der Waals surface area contributed by atoms with Crippen LogP contribution in [0.15, 0.2) is 0 Å². The molecule has 0 aromatic rings. The molecule has 1 heteroatoms. The summed E-state index contributed by atoms with van der Waals surface area (Å²) in [5.74, 6) is 1.78. The lowest BCUT2D eigenvalue weighted by Gasteiger charge is -2.25. The van der Waals surface area contributed by atoms with Gasteiger partial charge in [0.2, 0.25) is 0 Å². The highest BCUT2D eigenvalue weighted by Gasteiger charge is 2.38. The van der Waals surface area contributed by atoms with Crippen molar-refractivity contribution in [2.45, 2.75) is 59.9 Å². The maximum atomic E-state index is 3.64. The molecule has 1 aliphatic rings. The van der Waals surface area contributed by atoms with E-state index in [0.29, 0.717) is 11.5 Å². The van der Waals surface area contributed by atoms with Gasteiger partial charge >= 0.3 is 0 Å². The first-order chi connectivity index (χ1) is 6.46. The minimum absolute atomic E-state index is 0.576. The Kier molecular flexibility index (Phi) is 4.00. The van der Waals surface area contributed by atoms with E-state index >= 15 is 0 Å². The topological polar surface area (TPSA) is 12.0 Å². The normalized spacial score (nSPS) is 33.2. The van der Waals surface area contributed by atoms with Crippen LogP contribution in [0, 0.1) is 17.3 Å². The van der Waals surface area contributed by atoms with E-state index in [-0.39, 0.29) is 0 Å². The molecule has 1 saturated carbocycles. The second kappa shape index (κ2) is 4.65. The lowest BCUT2D eigenvalue weighted by molar-refractivity contribution is 0.302. The summed E-state index contributed by atoms with van der Waals surface area (Å²) in [4.78, 5) is 0. The molecule has 1 N–H and O–H groups in total. The lowest BCUT2D eigenvalue weighted by Crippen LogP contribution is -2.35. The summed E-state index contributed by atoms with van der Waals surface area (Å²) in [6, 6.07) is 0.701. The highest BCUT2D eigenvalue weighted by Crippen LogP contribution is 2.46. The Balaban J connectivity index is 2.44. The van der Waals surface area contributed by atoms with Crippen LogP contribution in [0.4, 0.5) is 0 Å². The third kappa shape index (κ3) is 2.98. The van der Waals surface area contributed by atoms with Crippen LogP contribution in [0.1, 0.15) is 53.9 Å². The van der Waals surface area contributed by atoms with Crippen LogP contribution < -0.4 is 5.32 Å². The number of nitrogens with one attached hydrogen (secondary N) is 1. The maximum absolute atomic E-state index is 3.64. The molecule has 1 fully saturated rings. The second-order valence-electron chi connectivity index (χ2n) is 5.96. The molecule has 0 amide bonds. The number of hydrogen-bond acceptors (Lipinski definition) is 1. The first-order valence-electron chi connectivity index (χ1n) is 6.19. The molecular weight excluding hydrogens is 170 g/mol. The van der Waals surface area contributed by atoms with Gasteiger partial charge in [0.1, 0.15) is 0 Å². The first-order valence-corrected chi connectivity index (χ1v) is 6.19. The van der Waals surface area contributed by atoms with Crippen molar-refractivity contribution in [3.63, 3.8) is 0 Å². The summed E-state index contributed by atoms with van der Waals surface area (Å²) in [5, 5.41) is 3.64. The molecule has 1 rings (SSSR count). The van der Waals surface area contributed by atoms with Crippen LogP contribution in [0.2, 0.25) is 0 Å². The van der Waals surface area contributed by atoms with E-state index in [1.54, 1.807) is 0 Å². The number of rotatable bonds is 4. The third-order valence-electron chi connectivity index (χ3n) is 3.75. The van der Waals surface area contributed by atoms with Crippen LogP contribution in [0.25, 0.3) is 0 Å². The van der Waals surface area contributed by atoms with E-state index in [1.165, 1.54) is 25.8 Å². The van der Waals surface area contributed by atoms with Gasteiger partial charge in [0, 0.05) is 6.04 Å². The van der Waals surface area contributed by atoms with Gasteiger partial charge in [-0.2, -0.15) is 0 Å². The van der Waals surface area contributed by atoms with Crippen molar-refractivity contribution in [2.75, 3.05) is 6.54 Å². The molecule has 3 atom stereocenters. The van der Waals surface area contributed by atoms with Crippen molar-refractivity contribution >= 4 is 0 Å². The van der Waals surface area contributed by atoms with Gasteiger partial charge in [-0.3, -0.25) is 0 Å². The largest absolute Gasteiger partial charge is 0.314 e. The van der Waals surface area contributed by atoms with Crippen LogP contribution in [0.5, 0.6) is 0 Å². The molecule has 1 nitrogen and oxygen atoms in total. The van der Waals surface area contributed by atoms with Crippen LogP contribution in [0.3, 0.4) is 0 Å². The van der Waals surface area contributed by atoms with Gasteiger partial charge in [-0.1, -0.05) is 27.7 Å². The molecule has 3 unspecified atom stereocenters. The molecule has 0 aromatic carbocycles. The molecule has 0 spiro atoms. The Morgan fingerprint density at radius 2 is 2.00 bits per heavy atom. The monoisotopic (exact) mass is 197 g/mol. The molecule has 84 valence electrons. The summed E-state index contributed by atoms with van der Waals surface area (Å²) in [5.41, 5.74) is 0.576. The number of hydrogen-bond donors (Lipinski definition) is 1. The average molecular weight is 197 g/mol.